The van der Waals surface area contributed by atoms with Gasteiger partial charge in [-0.2, -0.15) is 4.98 Å². The van der Waals surface area contributed by atoms with Gasteiger partial charge in [0.15, 0.2) is 11.6 Å². The first-order valence-electron chi connectivity index (χ1n) is 8.95. The lowest BCUT2D eigenvalue weighted by molar-refractivity contribution is 0.226. The lowest BCUT2D eigenvalue weighted by Crippen LogP contribution is -2.23. The van der Waals surface area contributed by atoms with E-state index in [4.69, 9.17) is 21.8 Å². The average Bonchev–Trinajstić information content (AvgIpc) is 3.18. The van der Waals surface area contributed by atoms with Gasteiger partial charge >= 0.3 is 0 Å². The van der Waals surface area contributed by atoms with E-state index in [1.54, 1.807) is 6.07 Å². The lowest BCUT2D eigenvalue weighted by atomic mass is 10.1. The van der Waals surface area contributed by atoms with Crippen molar-refractivity contribution in [2.45, 2.75) is 25.8 Å². The monoisotopic (exact) mass is 408 g/mol. The molecule has 0 saturated heterocycles. The maximum Gasteiger partial charge on any atom is 0.223 e. The Hall–Kier alpha value is -2.45. The van der Waals surface area contributed by atoms with Crippen LogP contribution in [-0.2, 0) is 0 Å². The topological polar surface area (TPSA) is 97.2 Å². The quantitative estimate of drug-likeness (QED) is 0.559. The Morgan fingerprint density at radius 3 is 2.71 bits per heavy atom. The van der Waals surface area contributed by atoms with E-state index in [-0.39, 0.29) is 41.0 Å². The van der Waals surface area contributed by atoms with Crippen molar-refractivity contribution in [1.82, 2.24) is 9.97 Å². The molecule has 2 aromatic heterocycles. The third-order valence-electron chi connectivity index (χ3n) is 5.25. The van der Waals surface area contributed by atoms with Gasteiger partial charge in [0.25, 0.3) is 0 Å². The number of nitrogen functional groups attached to an aromatic ring is 1. The Bertz CT molecular complexity index is 1000. The summed E-state index contributed by atoms with van der Waals surface area (Å²) in [5.41, 5.74) is 6.32. The van der Waals surface area contributed by atoms with Crippen LogP contribution in [0, 0.1) is 23.5 Å². The van der Waals surface area contributed by atoms with Crippen LogP contribution in [0.1, 0.15) is 19.8 Å². The van der Waals surface area contributed by atoms with Gasteiger partial charge in [0.05, 0.1) is 5.56 Å². The minimum Gasteiger partial charge on any atom is -0.456 e. The number of nitrogens with one attached hydrogen (secondary N) is 1. The highest BCUT2D eigenvalue weighted by molar-refractivity contribution is 6.32. The highest BCUT2D eigenvalue weighted by Crippen LogP contribution is 2.39. The SMILES string of the molecule is C[C@@H]1C[C@@H](CO)C[C@H]1Nc1nc(N)nc(Cl)c1-c1cc2cc(F)c(F)cc2o1. The summed E-state index contributed by atoms with van der Waals surface area (Å²) in [4.78, 5) is 8.25. The highest BCUT2D eigenvalue weighted by Gasteiger charge is 2.32. The van der Waals surface area contributed by atoms with Gasteiger partial charge in [0, 0.05) is 24.1 Å². The van der Waals surface area contributed by atoms with Gasteiger partial charge in [-0.05, 0) is 36.8 Å². The summed E-state index contributed by atoms with van der Waals surface area (Å²) in [6.45, 7) is 2.22. The van der Waals surface area contributed by atoms with E-state index in [0.29, 0.717) is 22.7 Å². The summed E-state index contributed by atoms with van der Waals surface area (Å²) >= 11 is 6.32. The summed E-state index contributed by atoms with van der Waals surface area (Å²) in [6.07, 6.45) is 1.66. The number of fused-ring (bicyclic) bond motifs is 1. The molecule has 0 bridgehead atoms. The molecule has 1 fully saturated rings. The average molecular weight is 409 g/mol. The van der Waals surface area contributed by atoms with Crippen molar-refractivity contribution in [3.63, 3.8) is 0 Å². The van der Waals surface area contributed by atoms with Gasteiger partial charge in [-0.3, -0.25) is 0 Å². The second-order valence-corrected chi connectivity index (χ2v) is 7.62. The van der Waals surface area contributed by atoms with Gasteiger partial charge in [0.2, 0.25) is 5.95 Å². The molecule has 1 saturated carbocycles. The van der Waals surface area contributed by atoms with Crippen molar-refractivity contribution < 1.29 is 18.3 Å². The van der Waals surface area contributed by atoms with Crippen LogP contribution in [0.15, 0.2) is 22.6 Å². The lowest BCUT2D eigenvalue weighted by Gasteiger charge is -2.20. The number of aliphatic hydroxyl groups is 1. The van der Waals surface area contributed by atoms with Crippen LogP contribution in [0.5, 0.6) is 0 Å². The maximum absolute atomic E-state index is 13.5. The minimum absolute atomic E-state index is 0.00573. The molecule has 1 aromatic carbocycles. The molecular formula is C19H19ClF2N4O2. The Labute approximate surface area is 164 Å². The molecular weight excluding hydrogens is 390 g/mol. The molecule has 28 heavy (non-hydrogen) atoms. The maximum atomic E-state index is 13.5. The molecule has 0 radical (unpaired) electrons. The van der Waals surface area contributed by atoms with E-state index in [1.165, 1.54) is 0 Å². The second-order valence-electron chi connectivity index (χ2n) is 7.26. The number of nitrogens with two attached hydrogens (primary N) is 1. The molecule has 3 atom stereocenters. The van der Waals surface area contributed by atoms with E-state index in [0.717, 1.165) is 25.0 Å². The third-order valence-corrected chi connectivity index (χ3v) is 5.52. The summed E-state index contributed by atoms with van der Waals surface area (Å²) in [6, 6.07) is 3.65. The smallest absolute Gasteiger partial charge is 0.223 e. The zero-order chi connectivity index (χ0) is 20.0. The van der Waals surface area contributed by atoms with Crippen LogP contribution < -0.4 is 11.1 Å². The molecule has 2 heterocycles. The fourth-order valence-corrected chi connectivity index (χ4v) is 4.10. The van der Waals surface area contributed by atoms with Crippen molar-refractivity contribution in [2.75, 3.05) is 17.7 Å². The molecule has 3 aromatic rings. The zero-order valence-corrected chi connectivity index (χ0v) is 15.8. The number of hydrogen-bond acceptors (Lipinski definition) is 6. The number of aromatic nitrogens is 2. The van der Waals surface area contributed by atoms with Gasteiger partial charge in [-0.1, -0.05) is 18.5 Å². The van der Waals surface area contributed by atoms with Crippen LogP contribution >= 0.6 is 11.6 Å². The normalized spacial score (nSPS) is 22.1. The molecule has 0 aliphatic heterocycles. The van der Waals surface area contributed by atoms with Crippen molar-refractivity contribution in [2.24, 2.45) is 11.8 Å². The Morgan fingerprint density at radius 2 is 2.00 bits per heavy atom. The van der Waals surface area contributed by atoms with Gasteiger partial charge in [0.1, 0.15) is 22.3 Å². The van der Waals surface area contributed by atoms with Crippen molar-refractivity contribution in [3.05, 3.63) is 35.0 Å². The third kappa shape index (κ3) is 3.38. The summed E-state index contributed by atoms with van der Waals surface area (Å²) in [5, 5.41) is 13.2. The zero-order valence-electron chi connectivity index (χ0n) is 15.0. The predicted octanol–water partition coefficient (Wildman–Crippen LogP) is 4.22. The van der Waals surface area contributed by atoms with Crippen LogP contribution in [0.2, 0.25) is 5.15 Å². The highest BCUT2D eigenvalue weighted by atomic mass is 35.5. The largest absolute Gasteiger partial charge is 0.456 e. The summed E-state index contributed by atoms with van der Waals surface area (Å²) < 4.78 is 32.8. The van der Waals surface area contributed by atoms with Crippen molar-refractivity contribution in [3.8, 4) is 11.3 Å². The number of anilines is 2. The Balaban J connectivity index is 1.77. The number of nitrogens with zero attached hydrogens (tertiary/aromatic N) is 2. The number of halogens is 3. The fraction of sp³-hybridized carbons (Fsp3) is 0.368. The van der Waals surface area contributed by atoms with E-state index in [9.17, 15) is 13.9 Å². The molecule has 4 rings (SSSR count). The summed E-state index contributed by atoms with van der Waals surface area (Å²) in [5.74, 6) is -0.797. The summed E-state index contributed by atoms with van der Waals surface area (Å²) in [7, 11) is 0. The van der Waals surface area contributed by atoms with E-state index in [1.807, 2.05) is 0 Å². The molecule has 9 heteroatoms. The first-order chi connectivity index (χ1) is 13.4. The number of rotatable bonds is 4. The minimum atomic E-state index is -0.999. The predicted molar refractivity (Wildman–Crippen MR) is 103 cm³/mol. The van der Waals surface area contributed by atoms with Gasteiger partial charge in [-0.15, -0.1) is 0 Å². The Morgan fingerprint density at radius 1 is 1.25 bits per heavy atom. The van der Waals surface area contributed by atoms with E-state index >= 15 is 0 Å². The molecule has 148 valence electrons. The van der Waals surface area contributed by atoms with Gasteiger partial charge in [-0.25, -0.2) is 13.8 Å². The van der Waals surface area contributed by atoms with Crippen molar-refractivity contribution in [1.29, 1.82) is 0 Å². The molecule has 0 amide bonds. The molecule has 1 aliphatic carbocycles. The number of benzene rings is 1. The standard InChI is InChI=1S/C19H19ClF2N4O2/c1-8-2-9(7-27)3-13(8)24-18-16(17(20)25-19(23)26-18)15-5-10-4-11(21)12(22)6-14(10)28-15/h4-6,8-9,13,27H,2-3,7H2,1H3,(H3,23,24,25,26)/t8-,9-,13-/m1/s1. The fourth-order valence-electron chi connectivity index (χ4n) is 3.83. The van der Waals surface area contributed by atoms with E-state index in [2.05, 4.69) is 22.2 Å². The number of aliphatic hydroxyl groups excluding tert-OH is 1. The molecule has 4 N–H and O–H groups in total. The second kappa shape index (κ2) is 7.18. The van der Waals surface area contributed by atoms with Crippen LogP contribution in [0.3, 0.4) is 0 Å². The first kappa shape index (κ1) is 18.9. The first-order valence-corrected chi connectivity index (χ1v) is 9.33. The van der Waals surface area contributed by atoms with Crippen LogP contribution in [0.25, 0.3) is 22.3 Å². The van der Waals surface area contributed by atoms with Crippen LogP contribution in [0.4, 0.5) is 20.5 Å². The molecule has 1 aliphatic rings. The van der Waals surface area contributed by atoms with E-state index < -0.39 is 11.6 Å². The van der Waals surface area contributed by atoms with Crippen LogP contribution in [-0.4, -0.2) is 27.7 Å². The molecule has 6 nitrogen and oxygen atoms in total. The number of hydrogen-bond donors (Lipinski definition) is 3. The van der Waals surface area contributed by atoms with Gasteiger partial charge < -0.3 is 20.6 Å². The molecule has 0 unspecified atom stereocenters. The van der Waals surface area contributed by atoms with Crippen molar-refractivity contribution >= 4 is 34.3 Å². The molecule has 0 spiro atoms. The Kier molecular flexibility index (Phi) is 4.84. The number of furan rings is 1.